The monoisotopic (exact) mass is 350 g/mol. The molecule has 4 nitrogen and oxygen atoms in total. The zero-order chi connectivity index (χ0) is 17.8. The molecule has 3 aliphatic rings. The molecule has 0 radical (unpaired) electrons. The Labute approximate surface area is 155 Å². The standard InChI is InChI=1S/C22H26N2O2/c1-14-7-10-18-21(11-14)26-22-19(5-4-6-20(22)25-3)24(18)17-12-15-8-9-16(13-17)23(15)2/h4-7,10-11,15-17H,8-9,12-13H2,1-3H3. The van der Waals surface area contributed by atoms with Crippen LogP contribution in [0.1, 0.15) is 31.2 Å². The summed E-state index contributed by atoms with van der Waals surface area (Å²) in [5, 5.41) is 0. The average molecular weight is 350 g/mol. The number of benzene rings is 2. The lowest BCUT2D eigenvalue weighted by Gasteiger charge is -2.45. The highest BCUT2D eigenvalue weighted by atomic mass is 16.5. The molecule has 2 fully saturated rings. The molecule has 2 aromatic carbocycles. The summed E-state index contributed by atoms with van der Waals surface area (Å²) in [7, 11) is 4.01. The van der Waals surface area contributed by atoms with Crippen molar-refractivity contribution in [2.45, 2.75) is 50.7 Å². The van der Waals surface area contributed by atoms with Crippen molar-refractivity contribution in [2.75, 3.05) is 19.1 Å². The smallest absolute Gasteiger partial charge is 0.192 e. The van der Waals surface area contributed by atoms with Gasteiger partial charge in [0.2, 0.25) is 0 Å². The van der Waals surface area contributed by atoms with Crippen LogP contribution in [-0.4, -0.2) is 37.2 Å². The van der Waals surface area contributed by atoms with Gasteiger partial charge in [-0.1, -0.05) is 12.1 Å². The minimum Gasteiger partial charge on any atom is -0.493 e. The second kappa shape index (κ2) is 5.92. The van der Waals surface area contributed by atoms with Crippen LogP contribution in [0.2, 0.25) is 0 Å². The van der Waals surface area contributed by atoms with E-state index < -0.39 is 0 Å². The van der Waals surface area contributed by atoms with Crippen molar-refractivity contribution in [1.29, 1.82) is 0 Å². The van der Waals surface area contributed by atoms with Gasteiger partial charge < -0.3 is 19.3 Å². The Hall–Kier alpha value is -2.20. The number of piperidine rings is 1. The molecular weight excluding hydrogens is 324 g/mol. The van der Waals surface area contributed by atoms with Crippen molar-refractivity contribution in [2.24, 2.45) is 0 Å². The molecule has 3 aliphatic heterocycles. The third-order valence-corrected chi connectivity index (χ3v) is 6.46. The summed E-state index contributed by atoms with van der Waals surface area (Å²) < 4.78 is 11.9. The second-order valence-corrected chi connectivity index (χ2v) is 7.93. The van der Waals surface area contributed by atoms with Crippen LogP contribution in [0.5, 0.6) is 17.2 Å². The first kappa shape index (κ1) is 16.0. The Balaban J connectivity index is 1.63. The van der Waals surface area contributed by atoms with Gasteiger partial charge in [0.1, 0.15) is 0 Å². The van der Waals surface area contributed by atoms with E-state index in [0.717, 1.165) is 22.9 Å². The van der Waals surface area contributed by atoms with Crippen LogP contribution in [0.4, 0.5) is 11.4 Å². The fourth-order valence-corrected chi connectivity index (χ4v) is 5.09. The van der Waals surface area contributed by atoms with Crippen molar-refractivity contribution >= 4 is 11.4 Å². The van der Waals surface area contributed by atoms with Crippen LogP contribution in [0.15, 0.2) is 36.4 Å². The predicted molar refractivity (Wildman–Crippen MR) is 104 cm³/mol. The summed E-state index contributed by atoms with van der Waals surface area (Å²) >= 11 is 0. The summed E-state index contributed by atoms with van der Waals surface area (Å²) in [5.41, 5.74) is 3.53. The molecular formula is C22H26N2O2. The minimum atomic E-state index is 0.500. The number of hydrogen-bond donors (Lipinski definition) is 0. The van der Waals surface area contributed by atoms with Crippen LogP contribution in [-0.2, 0) is 0 Å². The molecule has 0 amide bonds. The third kappa shape index (κ3) is 2.32. The van der Waals surface area contributed by atoms with E-state index in [1.54, 1.807) is 7.11 Å². The van der Waals surface area contributed by atoms with Crippen LogP contribution in [0, 0.1) is 6.92 Å². The molecule has 5 rings (SSSR count). The number of hydrogen-bond acceptors (Lipinski definition) is 4. The molecule has 2 aromatic rings. The maximum Gasteiger partial charge on any atom is 0.192 e. The molecule has 0 saturated carbocycles. The molecule has 0 N–H and O–H groups in total. The Bertz CT molecular complexity index is 836. The van der Waals surface area contributed by atoms with Gasteiger partial charge in [0.05, 0.1) is 18.5 Å². The Kier molecular flexibility index (Phi) is 3.64. The quantitative estimate of drug-likeness (QED) is 0.771. The number of aryl methyl sites for hydroxylation is 1. The van der Waals surface area contributed by atoms with E-state index in [-0.39, 0.29) is 0 Å². The maximum absolute atomic E-state index is 6.31. The molecule has 3 heterocycles. The lowest BCUT2D eigenvalue weighted by Crippen LogP contribution is -2.48. The zero-order valence-electron chi connectivity index (χ0n) is 15.7. The topological polar surface area (TPSA) is 24.9 Å². The average Bonchev–Trinajstić information content (AvgIpc) is 2.86. The lowest BCUT2D eigenvalue weighted by molar-refractivity contribution is 0.162. The maximum atomic E-state index is 6.31. The number of fused-ring (bicyclic) bond motifs is 4. The molecule has 2 bridgehead atoms. The van der Waals surface area contributed by atoms with Gasteiger partial charge in [-0.25, -0.2) is 0 Å². The number of rotatable bonds is 2. The van der Waals surface area contributed by atoms with Gasteiger partial charge in [-0.15, -0.1) is 0 Å². The zero-order valence-corrected chi connectivity index (χ0v) is 15.7. The van der Waals surface area contributed by atoms with Crippen LogP contribution in [0.25, 0.3) is 0 Å². The van der Waals surface area contributed by atoms with E-state index in [9.17, 15) is 0 Å². The van der Waals surface area contributed by atoms with E-state index in [2.05, 4.69) is 54.1 Å². The molecule has 2 atom stereocenters. The van der Waals surface area contributed by atoms with Gasteiger partial charge in [0, 0.05) is 18.1 Å². The third-order valence-electron chi connectivity index (χ3n) is 6.46. The molecule has 2 saturated heterocycles. The van der Waals surface area contributed by atoms with Crippen molar-refractivity contribution in [3.05, 3.63) is 42.0 Å². The molecule has 0 aliphatic carbocycles. The molecule has 4 heteroatoms. The first-order valence-corrected chi connectivity index (χ1v) is 9.62. The molecule has 0 spiro atoms. The number of para-hydroxylation sites is 1. The Morgan fingerprint density at radius 2 is 1.77 bits per heavy atom. The Morgan fingerprint density at radius 1 is 1.00 bits per heavy atom. The number of ether oxygens (including phenoxy) is 2. The summed E-state index contributed by atoms with van der Waals surface area (Å²) in [6.07, 6.45) is 5.06. The SMILES string of the molecule is COc1cccc2c1Oc1cc(C)ccc1N2C1CC2CCC(C1)N2C. The van der Waals surface area contributed by atoms with Gasteiger partial charge in [-0.2, -0.15) is 0 Å². The van der Waals surface area contributed by atoms with Gasteiger partial charge in [-0.3, -0.25) is 0 Å². The van der Waals surface area contributed by atoms with Crippen LogP contribution < -0.4 is 14.4 Å². The fraction of sp³-hybridized carbons (Fsp3) is 0.455. The highest BCUT2D eigenvalue weighted by Gasteiger charge is 2.43. The second-order valence-electron chi connectivity index (χ2n) is 7.93. The number of nitrogens with zero attached hydrogens (tertiary/aromatic N) is 2. The van der Waals surface area contributed by atoms with Crippen LogP contribution >= 0.6 is 0 Å². The van der Waals surface area contributed by atoms with Crippen molar-refractivity contribution in [3.8, 4) is 17.2 Å². The highest BCUT2D eigenvalue weighted by molar-refractivity contribution is 5.81. The molecule has 26 heavy (non-hydrogen) atoms. The van der Waals surface area contributed by atoms with E-state index in [1.165, 1.54) is 36.9 Å². The van der Waals surface area contributed by atoms with Gasteiger partial charge in [-0.05, 0) is 69.5 Å². The first-order chi connectivity index (χ1) is 12.7. The highest BCUT2D eigenvalue weighted by Crippen LogP contribution is 2.53. The fourth-order valence-electron chi connectivity index (χ4n) is 5.09. The summed E-state index contributed by atoms with van der Waals surface area (Å²) in [5.74, 6) is 2.59. The van der Waals surface area contributed by atoms with Crippen molar-refractivity contribution in [1.82, 2.24) is 4.90 Å². The summed E-state index contributed by atoms with van der Waals surface area (Å²) in [6.45, 7) is 2.11. The minimum absolute atomic E-state index is 0.500. The first-order valence-electron chi connectivity index (χ1n) is 9.62. The number of anilines is 2. The number of methoxy groups -OCH3 is 1. The normalized spacial score (nSPS) is 26.9. The van der Waals surface area contributed by atoms with Gasteiger partial charge in [0.25, 0.3) is 0 Å². The van der Waals surface area contributed by atoms with E-state index >= 15 is 0 Å². The van der Waals surface area contributed by atoms with E-state index in [4.69, 9.17) is 9.47 Å². The van der Waals surface area contributed by atoms with Crippen molar-refractivity contribution in [3.63, 3.8) is 0 Å². The van der Waals surface area contributed by atoms with E-state index in [1.807, 2.05) is 6.07 Å². The molecule has 2 unspecified atom stereocenters. The van der Waals surface area contributed by atoms with Crippen LogP contribution in [0.3, 0.4) is 0 Å². The van der Waals surface area contributed by atoms with E-state index in [0.29, 0.717) is 18.1 Å². The molecule has 0 aromatic heterocycles. The van der Waals surface area contributed by atoms with Crippen molar-refractivity contribution < 1.29 is 9.47 Å². The summed E-state index contributed by atoms with van der Waals surface area (Å²) in [6, 6.07) is 14.7. The lowest BCUT2D eigenvalue weighted by atomic mass is 9.94. The predicted octanol–water partition coefficient (Wildman–Crippen LogP) is 4.87. The van der Waals surface area contributed by atoms with Gasteiger partial charge >= 0.3 is 0 Å². The molecule has 136 valence electrons. The Morgan fingerprint density at radius 3 is 2.50 bits per heavy atom. The summed E-state index contributed by atoms with van der Waals surface area (Å²) in [4.78, 5) is 5.12. The van der Waals surface area contributed by atoms with Gasteiger partial charge in [0.15, 0.2) is 17.2 Å². The largest absolute Gasteiger partial charge is 0.493 e.